The van der Waals surface area contributed by atoms with E-state index in [1.165, 1.54) is 24.3 Å². The average Bonchev–Trinajstić information content (AvgIpc) is 2.66. The second-order valence-corrected chi connectivity index (χ2v) is 6.68. The standard InChI is InChI=1S/C17H16Cl2N4O4/c18-13-7-10(8-14(19)16(13)20)21-17(24)12-9-11(23(25)26)1-2-15(12)22-3-5-27-6-4-22/h1-2,7-9H,3-6,20H2,(H,21,24). The third kappa shape index (κ3) is 4.24. The second-order valence-electron chi connectivity index (χ2n) is 5.87. The Hall–Kier alpha value is -2.55. The van der Waals surface area contributed by atoms with Gasteiger partial charge in [-0.25, -0.2) is 0 Å². The van der Waals surface area contributed by atoms with Crippen molar-refractivity contribution >= 4 is 51.9 Å². The number of non-ortho nitro benzene ring substituents is 1. The molecule has 0 unspecified atom stereocenters. The Morgan fingerprint density at radius 3 is 2.41 bits per heavy atom. The van der Waals surface area contributed by atoms with Gasteiger partial charge in [-0.05, 0) is 18.2 Å². The zero-order valence-corrected chi connectivity index (χ0v) is 15.6. The second kappa shape index (κ2) is 7.99. The van der Waals surface area contributed by atoms with Gasteiger partial charge in [0, 0.05) is 30.9 Å². The number of benzene rings is 2. The number of hydrogen-bond donors (Lipinski definition) is 2. The molecule has 2 aromatic rings. The summed E-state index contributed by atoms with van der Waals surface area (Å²) in [5.41, 5.74) is 6.84. The number of carbonyl (C=O) groups excluding carboxylic acids is 1. The van der Waals surface area contributed by atoms with E-state index in [1.807, 2.05) is 4.90 Å². The molecular weight excluding hydrogens is 395 g/mol. The number of nitrogens with two attached hydrogens (primary N) is 1. The number of nitro groups is 1. The first-order valence-corrected chi connectivity index (χ1v) is 8.79. The van der Waals surface area contributed by atoms with Gasteiger partial charge in [0.1, 0.15) is 0 Å². The number of nitrogen functional groups attached to an aromatic ring is 1. The molecule has 0 atom stereocenters. The highest BCUT2D eigenvalue weighted by Crippen LogP contribution is 2.32. The number of ether oxygens (including phenoxy) is 1. The number of amides is 1. The van der Waals surface area contributed by atoms with Crippen LogP contribution in [0.15, 0.2) is 30.3 Å². The monoisotopic (exact) mass is 410 g/mol. The average molecular weight is 411 g/mol. The van der Waals surface area contributed by atoms with Crippen LogP contribution < -0.4 is 16.0 Å². The molecule has 2 aromatic carbocycles. The molecule has 3 N–H and O–H groups in total. The van der Waals surface area contributed by atoms with Gasteiger partial charge in [-0.15, -0.1) is 0 Å². The van der Waals surface area contributed by atoms with Crippen molar-refractivity contribution in [3.8, 4) is 0 Å². The largest absolute Gasteiger partial charge is 0.396 e. The van der Waals surface area contributed by atoms with Crippen LogP contribution in [-0.2, 0) is 4.74 Å². The van der Waals surface area contributed by atoms with Crippen LogP contribution in [0.5, 0.6) is 0 Å². The minimum absolute atomic E-state index is 0.175. The molecule has 10 heteroatoms. The molecule has 1 fully saturated rings. The zero-order valence-electron chi connectivity index (χ0n) is 14.1. The Labute approximate surface area is 164 Å². The molecule has 142 valence electrons. The lowest BCUT2D eigenvalue weighted by atomic mass is 10.1. The summed E-state index contributed by atoms with van der Waals surface area (Å²) < 4.78 is 5.33. The highest BCUT2D eigenvalue weighted by molar-refractivity contribution is 6.39. The summed E-state index contributed by atoms with van der Waals surface area (Å²) in [6.07, 6.45) is 0. The molecule has 27 heavy (non-hydrogen) atoms. The van der Waals surface area contributed by atoms with Gasteiger partial charge in [-0.2, -0.15) is 0 Å². The highest BCUT2D eigenvalue weighted by atomic mass is 35.5. The predicted octanol–water partition coefficient (Wildman–Crippen LogP) is 3.57. The van der Waals surface area contributed by atoms with E-state index in [9.17, 15) is 14.9 Å². The van der Waals surface area contributed by atoms with Crippen molar-refractivity contribution < 1.29 is 14.5 Å². The fourth-order valence-electron chi connectivity index (χ4n) is 2.75. The van der Waals surface area contributed by atoms with Crippen molar-refractivity contribution in [2.24, 2.45) is 0 Å². The molecule has 1 aliphatic rings. The van der Waals surface area contributed by atoms with Gasteiger partial charge in [0.2, 0.25) is 0 Å². The number of halogens is 2. The van der Waals surface area contributed by atoms with E-state index in [2.05, 4.69) is 5.32 Å². The lowest BCUT2D eigenvalue weighted by molar-refractivity contribution is -0.384. The van der Waals surface area contributed by atoms with E-state index in [-0.39, 0.29) is 27.0 Å². The van der Waals surface area contributed by atoms with E-state index < -0.39 is 10.8 Å². The Morgan fingerprint density at radius 1 is 1.19 bits per heavy atom. The van der Waals surface area contributed by atoms with Gasteiger partial charge in [-0.1, -0.05) is 23.2 Å². The van der Waals surface area contributed by atoms with Crippen molar-refractivity contribution in [2.75, 3.05) is 42.3 Å². The van der Waals surface area contributed by atoms with Crippen LogP contribution in [0, 0.1) is 10.1 Å². The third-order valence-corrected chi connectivity index (χ3v) is 4.75. The number of nitro benzene ring substituents is 1. The number of anilines is 3. The lowest BCUT2D eigenvalue weighted by Gasteiger charge is -2.30. The fraction of sp³-hybridized carbons (Fsp3) is 0.235. The first-order chi connectivity index (χ1) is 12.9. The van der Waals surface area contributed by atoms with Crippen LogP contribution in [-0.4, -0.2) is 37.1 Å². The predicted molar refractivity (Wildman–Crippen MR) is 105 cm³/mol. The number of carbonyl (C=O) groups is 1. The third-order valence-electron chi connectivity index (χ3n) is 4.12. The molecule has 1 heterocycles. The molecule has 0 bridgehead atoms. The Kier molecular flexibility index (Phi) is 5.69. The van der Waals surface area contributed by atoms with Gasteiger partial charge < -0.3 is 20.7 Å². The smallest absolute Gasteiger partial charge is 0.270 e. The molecule has 1 aliphatic heterocycles. The molecule has 0 spiro atoms. The number of nitrogens with one attached hydrogen (secondary N) is 1. The van der Waals surface area contributed by atoms with Crippen molar-refractivity contribution in [1.29, 1.82) is 0 Å². The van der Waals surface area contributed by atoms with E-state index >= 15 is 0 Å². The summed E-state index contributed by atoms with van der Waals surface area (Å²) in [5.74, 6) is -0.517. The quantitative estimate of drug-likeness (QED) is 0.452. The molecule has 0 aromatic heterocycles. The Morgan fingerprint density at radius 2 is 1.81 bits per heavy atom. The topological polar surface area (TPSA) is 111 Å². The summed E-state index contributed by atoms with van der Waals surface area (Å²) in [4.78, 5) is 25.4. The summed E-state index contributed by atoms with van der Waals surface area (Å²) >= 11 is 12.0. The molecule has 1 amide bonds. The summed E-state index contributed by atoms with van der Waals surface area (Å²) in [6, 6.07) is 7.12. The maximum atomic E-state index is 12.9. The Balaban J connectivity index is 1.96. The Bertz CT molecular complexity index is 877. The van der Waals surface area contributed by atoms with Crippen LogP contribution in [0.4, 0.5) is 22.7 Å². The first kappa shape index (κ1) is 19.2. The van der Waals surface area contributed by atoms with Gasteiger partial charge in [-0.3, -0.25) is 14.9 Å². The molecule has 0 aliphatic carbocycles. The number of hydrogen-bond acceptors (Lipinski definition) is 6. The van der Waals surface area contributed by atoms with Crippen LogP contribution in [0.2, 0.25) is 10.0 Å². The summed E-state index contributed by atoms with van der Waals surface area (Å²) in [6.45, 7) is 2.19. The highest BCUT2D eigenvalue weighted by Gasteiger charge is 2.22. The molecule has 0 saturated carbocycles. The minimum Gasteiger partial charge on any atom is -0.396 e. The summed E-state index contributed by atoms with van der Waals surface area (Å²) in [5, 5.41) is 14.2. The van der Waals surface area contributed by atoms with Crippen molar-refractivity contribution in [3.05, 3.63) is 56.1 Å². The number of nitrogens with zero attached hydrogens (tertiary/aromatic N) is 2. The maximum absolute atomic E-state index is 12.9. The normalized spacial score (nSPS) is 14.1. The van der Waals surface area contributed by atoms with Crippen molar-refractivity contribution in [1.82, 2.24) is 0 Å². The minimum atomic E-state index is -0.545. The zero-order chi connectivity index (χ0) is 19.6. The fourth-order valence-corrected chi connectivity index (χ4v) is 3.24. The molecule has 3 rings (SSSR count). The first-order valence-electron chi connectivity index (χ1n) is 8.04. The van der Waals surface area contributed by atoms with Gasteiger partial charge >= 0.3 is 0 Å². The van der Waals surface area contributed by atoms with E-state index in [1.54, 1.807) is 6.07 Å². The molecule has 8 nitrogen and oxygen atoms in total. The molecule has 0 radical (unpaired) electrons. The molecular formula is C17H16Cl2N4O4. The van der Waals surface area contributed by atoms with E-state index in [0.717, 1.165) is 0 Å². The van der Waals surface area contributed by atoms with Gasteiger partial charge in [0.25, 0.3) is 11.6 Å². The van der Waals surface area contributed by atoms with Crippen molar-refractivity contribution in [2.45, 2.75) is 0 Å². The van der Waals surface area contributed by atoms with Gasteiger partial charge in [0.15, 0.2) is 0 Å². The number of rotatable bonds is 4. The number of morpholine rings is 1. The van der Waals surface area contributed by atoms with Crippen LogP contribution in [0.3, 0.4) is 0 Å². The maximum Gasteiger partial charge on any atom is 0.270 e. The van der Waals surface area contributed by atoms with Crippen molar-refractivity contribution in [3.63, 3.8) is 0 Å². The SMILES string of the molecule is Nc1c(Cl)cc(NC(=O)c2cc([N+](=O)[O-])ccc2N2CCOCC2)cc1Cl. The molecule has 1 saturated heterocycles. The van der Waals surface area contributed by atoms with E-state index in [4.69, 9.17) is 33.7 Å². The van der Waals surface area contributed by atoms with Crippen LogP contribution >= 0.6 is 23.2 Å². The van der Waals surface area contributed by atoms with Gasteiger partial charge in [0.05, 0.1) is 45.1 Å². The summed E-state index contributed by atoms with van der Waals surface area (Å²) in [7, 11) is 0. The lowest BCUT2D eigenvalue weighted by Crippen LogP contribution is -2.37. The van der Waals surface area contributed by atoms with Crippen LogP contribution in [0.25, 0.3) is 0 Å². The van der Waals surface area contributed by atoms with Crippen LogP contribution in [0.1, 0.15) is 10.4 Å². The van der Waals surface area contributed by atoms with E-state index in [0.29, 0.717) is 37.7 Å².